The first kappa shape index (κ1) is 49.5. The van der Waals surface area contributed by atoms with Crippen molar-refractivity contribution in [3.63, 3.8) is 0 Å². The van der Waals surface area contributed by atoms with Gasteiger partial charge in [0.1, 0.15) is 36.1 Å². The minimum Gasteiger partial charge on any atom is -0.488 e. The molecule has 1 aliphatic carbocycles. The number of amides is 4. The van der Waals surface area contributed by atoms with Crippen molar-refractivity contribution in [2.75, 3.05) is 34.5 Å². The Labute approximate surface area is 409 Å². The number of aromatic nitrogens is 4. The maximum absolute atomic E-state index is 14.7. The number of rotatable bonds is 19. The topological polar surface area (TPSA) is 193 Å². The molecule has 4 amide bonds. The van der Waals surface area contributed by atoms with Gasteiger partial charge in [-0.1, -0.05) is 75.7 Å². The van der Waals surface area contributed by atoms with Gasteiger partial charge in [0.15, 0.2) is 0 Å². The van der Waals surface area contributed by atoms with Crippen LogP contribution in [-0.4, -0.2) is 100 Å². The van der Waals surface area contributed by atoms with Gasteiger partial charge in [0.05, 0.1) is 49.6 Å². The van der Waals surface area contributed by atoms with Crippen LogP contribution in [0.15, 0.2) is 72.8 Å². The number of carbonyl (C=O) groups is 4. The van der Waals surface area contributed by atoms with E-state index in [0.717, 1.165) is 93.3 Å². The lowest BCUT2D eigenvalue weighted by molar-refractivity contribution is -0.138. The summed E-state index contributed by atoms with van der Waals surface area (Å²) in [6.45, 7) is 13.0. The molecule has 1 aliphatic heterocycles. The van der Waals surface area contributed by atoms with E-state index in [1.54, 1.807) is 18.9 Å². The van der Waals surface area contributed by atoms with Crippen LogP contribution in [0, 0.1) is 5.92 Å². The van der Waals surface area contributed by atoms with E-state index in [-0.39, 0.29) is 23.8 Å². The first-order valence-corrected chi connectivity index (χ1v) is 24.5. The van der Waals surface area contributed by atoms with E-state index in [4.69, 9.17) is 28.9 Å². The predicted octanol–water partition coefficient (Wildman–Crippen LogP) is 10.0. The van der Waals surface area contributed by atoms with Gasteiger partial charge in [-0.25, -0.2) is 19.6 Å². The number of benzene rings is 4. The summed E-state index contributed by atoms with van der Waals surface area (Å²) in [7, 11) is 4.21. The first-order chi connectivity index (χ1) is 33.8. The molecule has 4 aromatic carbocycles. The highest BCUT2D eigenvalue weighted by Gasteiger charge is 2.37. The predicted molar refractivity (Wildman–Crippen MR) is 268 cm³/mol. The number of carbonyl (C=O) groups excluding carboxylic acids is 4. The van der Waals surface area contributed by atoms with Crippen LogP contribution < -0.4 is 15.4 Å². The number of hydrogen-bond donors (Lipinski definition) is 4. The Bertz CT molecular complexity index is 2860. The van der Waals surface area contributed by atoms with E-state index < -0.39 is 36.4 Å². The van der Waals surface area contributed by atoms with Crippen molar-refractivity contribution in [3.05, 3.63) is 101 Å². The maximum atomic E-state index is 14.7. The van der Waals surface area contributed by atoms with Gasteiger partial charge in [-0.3, -0.25) is 9.59 Å². The number of alkyl carbamates (subject to hydrolysis) is 2. The largest absolute Gasteiger partial charge is 0.488 e. The normalized spacial score (nSPS) is 15.6. The second-order valence-electron chi connectivity index (χ2n) is 18.8. The number of nitrogens with one attached hydrogen (secondary N) is 4. The third-order valence-corrected chi connectivity index (χ3v) is 13.8. The van der Waals surface area contributed by atoms with Crippen molar-refractivity contribution in [1.29, 1.82) is 0 Å². The van der Waals surface area contributed by atoms with Gasteiger partial charge in [-0.15, -0.1) is 0 Å². The zero-order chi connectivity index (χ0) is 49.8. The summed E-state index contributed by atoms with van der Waals surface area (Å²) in [6.07, 6.45) is 3.17. The molecule has 6 atom stereocenters. The fraction of sp³-hybridized carbons (Fsp3) is 0.444. The molecular formula is C54H66N8O8. The molecule has 4 N–H and O–H groups in total. The number of imidazole rings is 2. The SMILES string of the molecule is CCCC(CC)N(C(=O)C(C)NC(=O)OC)C(C)c1nc2c(ccc3cc4c(cc32)OCc2cc(-c3nc(C(C)N(CC(C)COC)C(=O)C(NC(=O)OC)c5ccccc5)[nH]c3C3CC3)ccc2-4)[nH]1. The van der Waals surface area contributed by atoms with Crippen molar-refractivity contribution in [1.82, 2.24) is 40.4 Å². The monoisotopic (exact) mass is 955 g/mol. The molecule has 1 fully saturated rings. The molecule has 2 aromatic heterocycles. The van der Waals surface area contributed by atoms with Crippen LogP contribution in [0.1, 0.15) is 126 Å². The van der Waals surface area contributed by atoms with E-state index in [9.17, 15) is 19.2 Å². The second kappa shape index (κ2) is 21.4. The summed E-state index contributed by atoms with van der Waals surface area (Å²) < 4.78 is 21.8. The first-order valence-electron chi connectivity index (χ1n) is 24.5. The summed E-state index contributed by atoms with van der Waals surface area (Å²) in [5.41, 5.74) is 8.19. The Balaban J connectivity index is 1.10. The molecule has 16 nitrogen and oxygen atoms in total. The molecule has 2 aliphatic rings. The minimum absolute atomic E-state index is 0.0133. The molecule has 16 heteroatoms. The van der Waals surface area contributed by atoms with Gasteiger partial charge < -0.3 is 49.3 Å². The van der Waals surface area contributed by atoms with E-state index in [1.165, 1.54) is 14.2 Å². The van der Waals surface area contributed by atoms with Crippen molar-refractivity contribution in [2.24, 2.45) is 5.92 Å². The number of methoxy groups -OCH3 is 3. The zero-order valence-electron chi connectivity index (χ0n) is 41.7. The molecule has 0 radical (unpaired) electrons. The summed E-state index contributed by atoms with van der Waals surface area (Å²) in [5.74, 6) is 1.88. The molecule has 3 heterocycles. The highest BCUT2D eigenvalue weighted by atomic mass is 16.5. The number of hydrogen-bond acceptors (Lipinski definition) is 10. The highest BCUT2D eigenvalue weighted by molar-refractivity contribution is 6.07. The zero-order valence-corrected chi connectivity index (χ0v) is 41.7. The molecule has 8 rings (SSSR count). The van der Waals surface area contributed by atoms with Gasteiger partial charge in [-0.2, -0.15) is 0 Å². The third-order valence-electron chi connectivity index (χ3n) is 13.8. The fourth-order valence-electron chi connectivity index (χ4n) is 9.89. The van der Waals surface area contributed by atoms with Crippen molar-refractivity contribution >= 4 is 45.8 Å². The van der Waals surface area contributed by atoms with Crippen LogP contribution in [0.4, 0.5) is 9.59 Å². The van der Waals surface area contributed by atoms with Crippen LogP contribution in [0.5, 0.6) is 5.75 Å². The molecule has 370 valence electrons. The number of H-pyrrole nitrogens is 2. The van der Waals surface area contributed by atoms with Crippen LogP contribution >= 0.6 is 0 Å². The Morgan fingerprint density at radius 2 is 1.54 bits per heavy atom. The number of fused-ring (bicyclic) bond motifs is 6. The second-order valence-corrected chi connectivity index (χ2v) is 18.8. The lowest BCUT2D eigenvalue weighted by atomic mass is 9.92. The van der Waals surface area contributed by atoms with Crippen molar-refractivity contribution < 1.29 is 38.1 Å². The Morgan fingerprint density at radius 1 is 0.814 bits per heavy atom. The molecule has 0 bridgehead atoms. The van der Waals surface area contributed by atoms with E-state index >= 15 is 0 Å². The molecular weight excluding hydrogens is 889 g/mol. The van der Waals surface area contributed by atoms with Crippen LogP contribution in [0.2, 0.25) is 0 Å². The molecule has 6 unspecified atom stereocenters. The average molecular weight is 955 g/mol. The fourth-order valence-corrected chi connectivity index (χ4v) is 9.89. The lowest BCUT2D eigenvalue weighted by Crippen LogP contribution is -2.51. The number of aromatic amines is 2. The molecule has 6 aromatic rings. The standard InChI is InChI=1S/C54H66N8O8/c1-10-15-39(11-2)62(51(63)31(4)55-53(65)68-8)33(6)50-56-43-23-21-36-25-42-40-22-20-37(24-38(40)29-70-44(42)26-41(36)48(43)59-50)46-45(35-18-19-35)57-49(58-46)32(5)61(27-30(3)28-67-7)52(64)47(60-54(66)69-9)34-16-13-12-14-17-34/h12-14,16-17,20-26,30-33,35,39,47H,10-11,15,18-19,27-29H2,1-9H3,(H,55,65)(H,56,59)(H,57,58)(H,60,66). The third kappa shape index (κ3) is 10.2. The maximum Gasteiger partial charge on any atom is 0.407 e. The molecule has 0 saturated heterocycles. The molecule has 0 spiro atoms. The Hall–Kier alpha value is -6.94. The summed E-state index contributed by atoms with van der Waals surface area (Å²) in [5, 5.41) is 7.35. The highest BCUT2D eigenvalue weighted by Crippen LogP contribution is 2.47. The minimum atomic E-state index is -0.986. The van der Waals surface area contributed by atoms with E-state index in [1.807, 2.05) is 62.1 Å². The van der Waals surface area contributed by atoms with Crippen LogP contribution in [0.25, 0.3) is 44.2 Å². The number of nitrogens with zero attached hydrogens (tertiary/aromatic N) is 4. The van der Waals surface area contributed by atoms with Crippen molar-refractivity contribution in [3.8, 4) is 28.1 Å². The lowest BCUT2D eigenvalue weighted by Gasteiger charge is -2.37. The molecule has 1 saturated carbocycles. The Morgan fingerprint density at radius 3 is 2.23 bits per heavy atom. The van der Waals surface area contributed by atoms with Crippen molar-refractivity contribution in [2.45, 2.75) is 116 Å². The summed E-state index contributed by atoms with van der Waals surface area (Å²) >= 11 is 0. The van der Waals surface area contributed by atoms with Gasteiger partial charge >= 0.3 is 12.2 Å². The summed E-state index contributed by atoms with van der Waals surface area (Å²) in [4.78, 5) is 74.6. The molecule has 70 heavy (non-hydrogen) atoms. The van der Waals surface area contributed by atoms with E-state index in [0.29, 0.717) is 42.9 Å². The Kier molecular flexibility index (Phi) is 15.1. The quantitative estimate of drug-likeness (QED) is 0.0607. The van der Waals surface area contributed by atoms with Crippen LogP contribution in [0.3, 0.4) is 0 Å². The van der Waals surface area contributed by atoms with E-state index in [2.05, 4.69) is 70.8 Å². The smallest absolute Gasteiger partial charge is 0.407 e. The van der Waals surface area contributed by atoms with Gasteiger partial charge in [0.2, 0.25) is 5.91 Å². The average Bonchev–Trinajstić information content (AvgIpc) is 3.96. The van der Waals surface area contributed by atoms with Gasteiger partial charge in [0, 0.05) is 47.8 Å². The summed E-state index contributed by atoms with van der Waals surface area (Å²) in [6, 6.07) is 21.2. The van der Waals surface area contributed by atoms with Crippen LogP contribution in [-0.2, 0) is 30.4 Å². The van der Waals surface area contributed by atoms with Gasteiger partial charge in [-0.05, 0) is 98.7 Å². The number of ether oxygens (including phenoxy) is 4. The van der Waals surface area contributed by atoms with Gasteiger partial charge in [0.25, 0.3) is 5.91 Å².